The summed E-state index contributed by atoms with van der Waals surface area (Å²) in [4.78, 5) is 14.6. The summed E-state index contributed by atoms with van der Waals surface area (Å²) in [6.45, 7) is 7.44. The van der Waals surface area contributed by atoms with Crippen LogP contribution in [-0.2, 0) is 4.79 Å². The number of nitriles is 1. The predicted octanol–water partition coefficient (Wildman–Crippen LogP) is 4.90. The van der Waals surface area contributed by atoms with Gasteiger partial charge in [-0.2, -0.15) is 5.26 Å². The van der Waals surface area contributed by atoms with Crippen molar-refractivity contribution in [3.8, 4) is 6.07 Å². The molecule has 28 heavy (non-hydrogen) atoms. The Hall–Kier alpha value is -3.13. The molecule has 0 spiro atoms. The molecule has 0 unspecified atom stereocenters. The normalized spacial score (nSPS) is 14.1. The van der Waals surface area contributed by atoms with E-state index in [1.54, 1.807) is 12.1 Å². The van der Waals surface area contributed by atoms with E-state index in [0.29, 0.717) is 16.9 Å². The Morgan fingerprint density at radius 3 is 2.57 bits per heavy atom. The third-order valence-electron chi connectivity index (χ3n) is 5.30. The molecule has 1 fully saturated rings. The molecule has 2 aromatic rings. The zero-order valence-electron chi connectivity index (χ0n) is 16.5. The number of hydrogen-bond acceptors (Lipinski definition) is 3. The van der Waals surface area contributed by atoms with Gasteiger partial charge in [0.25, 0.3) is 5.91 Å². The second-order valence-electron chi connectivity index (χ2n) is 7.23. The monoisotopic (exact) mass is 377 g/mol. The molecule has 1 amide bonds. The molecule has 144 valence electrons. The highest BCUT2D eigenvalue weighted by Crippen LogP contribution is 2.28. The highest BCUT2D eigenvalue weighted by molar-refractivity contribution is 6.10. The first-order chi connectivity index (χ1) is 13.4. The number of nitrogens with one attached hydrogen (secondary N) is 1. The quantitative estimate of drug-likeness (QED) is 0.609. The van der Waals surface area contributed by atoms with Gasteiger partial charge in [-0.25, -0.2) is 4.39 Å². The molecule has 3 rings (SSSR count). The van der Waals surface area contributed by atoms with Crippen molar-refractivity contribution in [1.29, 1.82) is 5.26 Å². The van der Waals surface area contributed by atoms with E-state index in [0.717, 1.165) is 42.6 Å². The smallest absolute Gasteiger partial charge is 0.266 e. The molecule has 0 bridgehead atoms. The van der Waals surface area contributed by atoms with Crippen LogP contribution >= 0.6 is 0 Å². The summed E-state index contributed by atoms with van der Waals surface area (Å²) < 4.78 is 14.6. The Labute approximate surface area is 165 Å². The zero-order valence-corrected chi connectivity index (χ0v) is 16.5. The van der Waals surface area contributed by atoms with E-state index < -0.39 is 5.91 Å². The number of rotatable bonds is 4. The van der Waals surface area contributed by atoms with Gasteiger partial charge in [0.15, 0.2) is 0 Å². The number of hydrogen-bond donors (Lipinski definition) is 1. The van der Waals surface area contributed by atoms with Crippen LogP contribution in [0.1, 0.15) is 35.1 Å². The highest BCUT2D eigenvalue weighted by atomic mass is 19.1. The van der Waals surface area contributed by atoms with Crippen LogP contribution in [0.5, 0.6) is 0 Å². The lowest BCUT2D eigenvalue weighted by Crippen LogP contribution is -2.19. The van der Waals surface area contributed by atoms with Gasteiger partial charge in [0.05, 0.1) is 5.69 Å². The Morgan fingerprint density at radius 2 is 1.89 bits per heavy atom. The molecule has 1 N–H and O–H groups in total. The van der Waals surface area contributed by atoms with Crippen molar-refractivity contribution >= 4 is 23.4 Å². The molecule has 0 saturated carbocycles. The van der Waals surface area contributed by atoms with Crippen molar-refractivity contribution in [2.45, 2.75) is 33.6 Å². The van der Waals surface area contributed by atoms with Gasteiger partial charge < -0.3 is 10.2 Å². The van der Waals surface area contributed by atoms with Crippen molar-refractivity contribution in [2.24, 2.45) is 0 Å². The molecule has 2 aromatic carbocycles. The van der Waals surface area contributed by atoms with E-state index in [9.17, 15) is 14.4 Å². The number of halogens is 1. The number of benzene rings is 2. The van der Waals surface area contributed by atoms with Crippen molar-refractivity contribution in [1.82, 2.24) is 0 Å². The summed E-state index contributed by atoms with van der Waals surface area (Å²) in [6.07, 6.45) is 3.58. The molecule has 0 aromatic heterocycles. The first kappa shape index (κ1) is 19.6. The van der Waals surface area contributed by atoms with E-state index in [-0.39, 0.29) is 11.4 Å². The van der Waals surface area contributed by atoms with Crippen LogP contribution in [0.4, 0.5) is 15.8 Å². The topological polar surface area (TPSA) is 56.1 Å². The minimum atomic E-state index is -0.500. The molecule has 1 saturated heterocycles. The maximum absolute atomic E-state index is 14.6. The Morgan fingerprint density at radius 1 is 1.18 bits per heavy atom. The third-order valence-corrected chi connectivity index (χ3v) is 5.30. The van der Waals surface area contributed by atoms with E-state index >= 15 is 0 Å². The fraction of sp³-hybridized carbons (Fsp3) is 0.304. The van der Waals surface area contributed by atoms with E-state index in [2.05, 4.69) is 5.32 Å². The lowest BCUT2D eigenvalue weighted by atomic mass is 10.0. The summed E-state index contributed by atoms with van der Waals surface area (Å²) in [6, 6.07) is 10.7. The summed E-state index contributed by atoms with van der Waals surface area (Å²) in [5.74, 6) is -0.828. The van der Waals surface area contributed by atoms with E-state index in [1.807, 2.05) is 43.9 Å². The maximum atomic E-state index is 14.6. The largest absolute Gasteiger partial charge is 0.369 e. The molecular formula is C23H24FN3O. The van der Waals surface area contributed by atoms with Gasteiger partial charge in [-0.1, -0.05) is 12.1 Å². The molecule has 1 heterocycles. The standard InChI is InChI=1S/C23H24FN3O/c1-15-7-6-8-21(17(15)3)26-23(28)19(14-25)12-18-13-20(24)22(11-16(18)2)27-9-4-5-10-27/h6-8,11-13H,4-5,9-10H2,1-3H3,(H,26,28)/b19-12-. The van der Waals surface area contributed by atoms with E-state index in [1.165, 1.54) is 12.1 Å². The lowest BCUT2D eigenvalue weighted by Gasteiger charge is -2.19. The molecule has 0 atom stereocenters. The van der Waals surface area contributed by atoms with Crippen LogP contribution in [0.25, 0.3) is 6.08 Å². The second-order valence-corrected chi connectivity index (χ2v) is 7.23. The Balaban J connectivity index is 1.87. The number of carbonyl (C=O) groups excluding carboxylic acids is 1. The van der Waals surface area contributed by atoms with Crippen molar-refractivity contribution < 1.29 is 9.18 Å². The summed E-state index contributed by atoms with van der Waals surface area (Å²) >= 11 is 0. The fourth-order valence-electron chi connectivity index (χ4n) is 3.42. The van der Waals surface area contributed by atoms with Gasteiger partial charge in [-0.15, -0.1) is 0 Å². The second kappa shape index (κ2) is 8.26. The summed E-state index contributed by atoms with van der Waals surface area (Å²) in [5.41, 5.74) is 4.56. The van der Waals surface area contributed by atoms with Crippen LogP contribution in [0, 0.1) is 37.9 Å². The van der Waals surface area contributed by atoms with Crippen LogP contribution in [0.2, 0.25) is 0 Å². The third kappa shape index (κ3) is 4.07. The lowest BCUT2D eigenvalue weighted by molar-refractivity contribution is -0.112. The van der Waals surface area contributed by atoms with Gasteiger partial charge in [-0.05, 0) is 80.1 Å². The van der Waals surface area contributed by atoms with Gasteiger partial charge >= 0.3 is 0 Å². The number of nitrogens with zero attached hydrogens (tertiary/aromatic N) is 2. The summed E-state index contributed by atoms with van der Waals surface area (Å²) in [5, 5.41) is 12.2. The average Bonchev–Trinajstić information content (AvgIpc) is 3.20. The Kier molecular flexibility index (Phi) is 5.79. The number of aryl methyl sites for hydroxylation is 2. The van der Waals surface area contributed by atoms with Gasteiger partial charge in [0.1, 0.15) is 17.5 Å². The number of carbonyl (C=O) groups is 1. The van der Waals surface area contributed by atoms with Crippen LogP contribution in [-0.4, -0.2) is 19.0 Å². The summed E-state index contributed by atoms with van der Waals surface area (Å²) in [7, 11) is 0. The molecule has 0 aliphatic carbocycles. The molecule has 0 radical (unpaired) electrons. The van der Waals surface area contributed by atoms with Gasteiger partial charge in [0, 0.05) is 18.8 Å². The maximum Gasteiger partial charge on any atom is 0.266 e. The molecule has 1 aliphatic rings. The minimum Gasteiger partial charge on any atom is -0.369 e. The van der Waals surface area contributed by atoms with Gasteiger partial charge in [0.2, 0.25) is 0 Å². The predicted molar refractivity (Wildman–Crippen MR) is 111 cm³/mol. The number of amides is 1. The fourth-order valence-corrected chi connectivity index (χ4v) is 3.42. The van der Waals surface area contributed by atoms with Crippen molar-refractivity contribution in [2.75, 3.05) is 23.3 Å². The highest BCUT2D eigenvalue weighted by Gasteiger charge is 2.18. The first-order valence-corrected chi connectivity index (χ1v) is 9.45. The molecule has 1 aliphatic heterocycles. The van der Waals surface area contributed by atoms with Crippen molar-refractivity contribution in [3.05, 3.63) is 64.0 Å². The Bertz CT molecular complexity index is 982. The van der Waals surface area contributed by atoms with E-state index in [4.69, 9.17) is 0 Å². The van der Waals surface area contributed by atoms with Gasteiger partial charge in [-0.3, -0.25) is 4.79 Å². The zero-order chi connectivity index (χ0) is 20.3. The van der Waals surface area contributed by atoms with Crippen LogP contribution < -0.4 is 10.2 Å². The van der Waals surface area contributed by atoms with Crippen molar-refractivity contribution in [3.63, 3.8) is 0 Å². The molecule has 5 heteroatoms. The van der Waals surface area contributed by atoms with Crippen LogP contribution in [0.3, 0.4) is 0 Å². The molecule has 4 nitrogen and oxygen atoms in total. The average molecular weight is 377 g/mol. The van der Waals surface area contributed by atoms with Crippen LogP contribution in [0.15, 0.2) is 35.9 Å². The number of anilines is 2. The molecular weight excluding hydrogens is 353 g/mol. The minimum absolute atomic E-state index is 0.0580. The SMILES string of the molecule is Cc1cc(N2CCCC2)c(F)cc1/C=C(/C#N)C(=O)Nc1cccc(C)c1C. The first-order valence-electron chi connectivity index (χ1n) is 9.45.